The second-order valence-electron chi connectivity index (χ2n) is 5.03. The molecule has 1 N–H and O–H groups in total. The fourth-order valence-corrected chi connectivity index (χ4v) is 2.70. The summed E-state index contributed by atoms with van der Waals surface area (Å²) in [7, 11) is 1.59. The Morgan fingerprint density at radius 1 is 1.29 bits per heavy atom. The zero-order valence-corrected chi connectivity index (χ0v) is 11.7. The van der Waals surface area contributed by atoms with E-state index in [1.165, 1.54) is 0 Å². The van der Waals surface area contributed by atoms with E-state index in [2.05, 4.69) is 0 Å². The number of hydrogen-bond donors (Lipinski definition) is 1. The molecule has 1 aliphatic rings. The maximum absolute atomic E-state index is 12.3. The smallest absolute Gasteiger partial charge is 0.227 e. The van der Waals surface area contributed by atoms with Crippen molar-refractivity contribution in [1.29, 1.82) is 0 Å². The van der Waals surface area contributed by atoms with Crippen LogP contribution in [0.15, 0.2) is 47.1 Å². The normalized spacial score (nSPS) is 22.4. The van der Waals surface area contributed by atoms with Gasteiger partial charge in [0.1, 0.15) is 17.6 Å². The van der Waals surface area contributed by atoms with Crippen molar-refractivity contribution in [1.82, 2.24) is 0 Å². The molecule has 5 nitrogen and oxygen atoms in total. The first-order valence-electron chi connectivity index (χ1n) is 6.88. The van der Waals surface area contributed by atoms with Crippen LogP contribution in [0.25, 0.3) is 0 Å². The lowest BCUT2D eigenvalue weighted by Gasteiger charge is -2.37. The van der Waals surface area contributed by atoms with Crippen molar-refractivity contribution in [2.75, 3.05) is 12.0 Å². The van der Waals surface area contributed by atoms with Crippen LogP contribution in [-0.2, 0) is 4.79 Å². The van der Waals surface area contributed by atoms with Crippen LogP contribution in [0.1, 0.15) is 24.6 Å². The molecular weight excluding hydrogens is 270 g/mol. The molecule has 5 heteroatoms. The van der Waals surface area contributed by atoms with E-state index in [0.717, 1.165) is 11.4 Å². The van der Waals surface area contributed by atoms with Crippen molar-refractivity contribution in [2.45, 2.75) is 25.0 Å². The van der Waals surface area contributed by atoms with Crippen molar-refractivity contribution >= 4 is 11.6 Å². The van der Waals surface area contributed by atoms with Gasteiger partial charge in [0.15, 0.2) is 0 Å². The second kappa shape index (κ2) is 5.61. The van der Waals surface area contributed by atoms with Crippen molar-refractivity contribution < 1.29 is 19.1 Å². The highest BCUT2D eigenvalue weighted by Crippen LogP contribution is 2.36. The molecule has 0 bridgehead atoms. The Labute approximate surface area is 122 Å². The lowest BCUT2D eigenvalue weighted by molar-refractivity contribution is -0.122. The average Bonchev–Trinajstić information content (AvgIpc) is 3.03. The third kappa shape index (κ3) is 2.52. The van der Waals surface area contributed by atoms with Crippen LogP contribution in [0, 0.1) is 0 Å². The van der Waals surface area contributed by atoms with Gasteiger partial charge >= 0.3 is 0 Å². The number of carbonyl (C=O) groups is 1. The maximum atomic E-state index is 12.3. The quantitative estimate of drug-likeness (QED) is 0.942. The lowest BCUT2D eigenvalue weighted by Crippen LogP contribution is -2.45. The molecule has 0 saturated carbocycles. The summed E-state index contributed by atoms with van der Waals surface area (Å²) in [4.78, 5) is 13.9. The van der Waals surface area contributed by atoms with Crippen molar-refractivity contribution in [3.8, 4) is 5.75 Å². The van der Waals surface area contributed by atoms with Gasteiger partial charge in [-0.2, -0.15) is 0 Å². The highest BCUT2D eigenvalue weighted by atomic mass is 16.5. The summed E-state index contributed by atoms with van der Waals surface area (Å²) < 4.78 is 10.5. The first kappa shape index (κ1) is 13.7. The van der Waals surface area contributed by atoms with Gasteiger partial charge in [0, 0.05) is 12.1 Å². The minimum Gasteiger partial charge on any atom is -0.497 e. The van der Waals surface area contributed by atoms with Gasteiger partial charge in [0.25, 0.3) is 0 Å². The van der Waals surface area contributed by atoms with Gasteiger partial charge in [0.05, 0.1) is 19.5 Å². The van der Waals surface area contributed by atoms with Crippen molar-refractivity contribution in [3.05, 3.63) is 48.4 Å². The summed E-state index contributed by atoms with van der Waals surface area (Å²) >= 11 is 0. The first-order valence-corrected chi connectivity index (χ1v) is 6.88. The number of nitrogens with zero attached hydrogens (tertiary/aromatic N) is 1. The number of piperidine rings is 1. The van der Waals surface area contributed by atoms with Crippen LogP contribution in [0.5, 0.6) is 5.75 Å². The molecule has 0 unspecified atom stereocenters. The van der Waals surface area contributed by atoms with Crippen LogP contribution in [0.4, 0.5) is 5.69 Å². The van der Waals surface area contributed by atoms with Crippen molar-refractivity contribution in [3.63, 3.8) is 0 Å². The predicted octanol–water partition coefficient (Wildman–Crippen LogP) is 2.52. The molecule has 1 amide bonds. The molecular formula is C16H17NO4. The van der Waals surface area contributed by atoms with E-state index >= 15 is 0 Å². The van der Waals surface area contributed by atoms with Gasteiger partial charge in [-0.1, -0.05) is 0 Å². The molecule has 1 fully saturated rings. The molecule has 1 aliphatic heterocycles. The molecule has 2 atom stereocenters. The Morgan fingerprint density at radius 2 is 2.05 bits per heavy atom. The molecule has 3 rings (SSSR count). The summed E-state index contributed by atoms with van der Waals surface area (Å²) in [6, 6.07) is 10.3. The van der Waals surface area contributed by atoms with Gasteiger partial charge in [-0.05, 0) is 42.8 Å². The first-order chi connectivity index (χ1) is 10.2. The molecule has 1 saturated heterocycles. The molecule has 2 aromatic rings. The number of rotatable bonds is 3. The highest BCUT2D eigenvalue weighted by molar-refractivity contribution is 5.95. The number of ether oxygens (including phenoxy) is 1. The number of anilines is 1. The number of carbonyl (C=O) groups excluding carboxylic acids is 1. The minimum absolute atomic E-state index is 0.0214. The Hall–Kier alpha value is -2.27. The molecule has 1 aromatic carbocycles. The van der Waals surface area contributed by atoms with E-state index in [9.17, 15) is 9.90 Å². The van der Waals surface area contributed by atoms with E-state index in [4.69, 9.17) is 9.15 Å². The van der Waals surface area contributed by atoms with Gasteiger partial charge in [0.2, 0.25) is 5.91 Å². The zero-order chi connectivity index (χ0) is 14.8. The van der Waals surface area contributed by atoms with E-state index in [1.54, 1.807) is 42.5 Å². The zero-order valence-electron chi connectivity index (χ0n) is 11.7. The van der Waals surface area contributed by atoms with Crippen LogP contribution < -0.4 is 9.64 Å². The lowest BCUT2D eigenvalue weighted by atomic mass is 9.95. The van der Waals surface area contributed by atoms with Gasteiger partial charge in [-0.15, -0.1) is 0 Å². The number of aliphatic hydroxyl groups excluding tert-OH is 1. The fraction of sp³-hybridized carbons (Fsp3) is 0.312. The third-order valence-electron chi connectivity index (χ3n) is 3.75. The Morgan fingerprint density at radius 3 is 2.67 bits per heavy atom. The maximum Gasteiger partial charge on any atom is 0.227 e. The summed E-state index contributed by atoms with van der Waals surface area (Å²) in [6.07, 6.45) is 1.67. The molecule has 2 heterocycles. The minimum atomic E-state index is -0.643. The van der Waals surface area contributed by atoms with Gasteiger partial charge in [-0.25, -0.2) is 0 Å². The monoisotopic (exact) mass is 287 g/mol. The standard InChI is InChI=1S/C16H17NO4/c1-20-12-6-4-11(5-7-12)17-15(19)9-8-13(18)16(17)14-3-2-10-21-14/h2-7,10,13,16,18H,8-9H2,1H3/t13-,16+/m0/s1. The van der Waals surface area contributed by atoms with Crippen LogP contribution in [0.3, 0.4) is 0 Å². The van der Waals surface area contributed by atoms with Crippen LogP contribution in [-0.4, -0.2) is 24.2 Å². The van der Waals surface area contributed by atoms with Gasteiger partial charge < -0.3 is 14.3 Å². The summed E-state index contributed by atoms with van der Waals surface area (Å²) in [5.74, 6) is 1.29. The summed E-state index contributed by atoms with van der Waals surface area (Å²) in [5, 5.41) is 10.3. The van der Waals surface area contributed by atoms with Crippen molar-refractivity contribution in [2.24, 2.45) is 0 Å². The molecule has 1 aromatic heterocycles. The highest BCUT2D eigenvalue weighted by Gasteiger charge is 2.38. The topological polar surface area (TPSA) is 62.9 Å². The molecule has 110 valence electrons. The van der Waals surface area contributed by atoms with Crippen LogP contribution >= 0.6 is 0 Å². The average molecular weight is 287 g/mol. The summed E-state index contributed by atoms with van der Waals surface area (Å²) in [6.45, 7) is 0. The van der Waals surface area contributed by atoms with E-state index in [0.29, 0.717) is 18.6 Å². The second-order valence-corrected chi connectivity index (χ2v) is 5.03. The number of amides is 1. The third-order valence-corrected chi connectivity index (χ3v) is 3.75. The molecule has 0 spiro atoms. The van der Waals surface area contributed by atoms with E-state index in [-0.39, 0.29) is 5.91 Å². The SMILES string of the molecule is COc1ccc(N2C(=O)CC[C@H](O)[C@@H]2c2ccco2)cc1. The Bertz CT molecular complexity index is 606. The number of hydrogen-bond acceptors (Lipinski definition) is 4. The molecule has 21 heavy (non-hydrogen) atoms. The number of furan rings is 1. The van der Waals surface area contributed by atoms with Gasteiger partial charge in [-0.3, -0.25) is 9.69 Å². The fourth-order valence-electron chi connectivity index (χ4n) is 2.70. The summed E-state index contributed by atoms with van der Waals surface area (Å²) in [5.41, 5.74) is 0.723. The Balaban J connectivity index is 1.99. The largest absolute Gasteiger partial charge is 0.497 e. The molecule has 0 aliphatic carbocycles. The number of aliphatic hydroxyl groups is 1. The van der Waals surface area contributed by atoms with Crippen LogP contribution in [0.2, 0.25) is 0 Å². The predicted molar refractivity (Wildman–Crippen MR) is 77.2 cm³/mol. The van der Waals surface area contributed by atoms with E-state index in [1.807, 2.05) is 12.1 Å². The number of benzene rings is 1. The number of methoxy groups -OCH3 is 1. The Kier molecular flexibility index (Phi) is 3.66. The molecule has 0 radical (unpaired) electrons. The van der Waals surface area contributed by atoms with E-state index < -0.39 is 12.1 Å².